The van der Waals surface area contributed by atoms with Crippen molar-refractivity contribution >= 4 is 6.29 Å². The Hall–Kier alpha value is -1.78. The fourth-order valence-electron chi connectivity index (χ4n) is 1.54. The lowest BCUT2D eigenvalue weighted by molar-refractivity contribution is -0.484. The molecular weight excluding hydrogens is 213 g/mol. The number of benzene rings is 1. The van der Waals surface area contributed by atoms with Crippen LogP contribution in [0.3, 0.4) is 0 Å². The molecule has 0 amide bonds. The molecule has 16 heavy (non-hydrogen) atoms. The average Bonchev–Trinajstić information content (AvgIpc) is 2.26. The van der Waals surface area contributed by atoms with Gasteiger partial charge in [0.1, 0.15) is 12.1 Å². The smallest absolute Gasteiger partial charge is 0.211 e. The first-order valence-electron chi connectivity index (χ1n) is 4.87. The van der Waals surface area contributed by atoms with E-state index in [1.54, 1.807) is 6.92 Å². The number of carbonyl (C=O) groups is 1. The fraction of sp³-hybridized carbons (Fsp3) is 0.364. The summed E-state index contributed by atoms with van der Waals surface area (Å²) in [6.07, 6.45) is 0.678. The maximum Gasteiger partial charge on any atom is 0.211 e. The van der Waals surface area contributed by atoms with Crippen LogP contribution in [0.2, 0.25) is 0 Å². The number of hydrogen-bond acceptors (Lipinski definition) is 3. The van der Waals surface area contributed by atoms with Gasteiger partial charge in [-0.15, -0.1) is 0 Å². The van der Waals surface area contributed by atoms with Crippen LogP contribution in [0.1, 0.15) is 18.4 Å². The Morgan fingerprint density at radius 1 is 1.44 bits per heavy atom. The molecule has 1 aromatic carbocycles. The molecule has 1 rings (SSSR count). The van der Waals surface area contributed by atoms with E-state index in [4.69, 9.17) is 0 Å². The predicted octanol–water partition coefficient (Wildman–Crippen LogP) is 2.02. The van der Waals surface area contributed by atoms with Crippen LogP contribution < -0.4 is 0 Å². The van der Waals surface area contributed by atoms with E-state index < -0.39 is 22.6 Å². The highest BCUT2D eigenvalue weighted by Crippen LogP contribution is 2.23. The Bertz CT molecular complexity index is 377. The summed E-state index contributed by atoms with van der Waals surface area (Å²) in [6.45, 7) is 1.29. The van der Waals surface area contributed by atoms with Gasteiger partial charge in [-0.1, -0.05) is 19.1 Å². The van der Waals surface area contributed by atoms with Crippen LogP contribution in [0, 0.1) is 21.8 Å². The van der Waals surface area contributed by atoms with Gasteiger partial charge in [-0.3, -0.25) is 10.1 Å². The maximum atomic E-state index is 12.7. The molecule has 0 saturated heterocycles. The summed E-state index contributed by atoms with van der Waals surface area (Å²) in [4.78, 5) is 20.7. The van der Waals surface area contributed by atoms with E-state index in [9.17, 15) is 19.3 Å². The Morgan fingerprint density at radius 2 is 2.00 bits per heavy atom. The number of rotatable bonds is 5. The molecule has 0 aromatic heterocycles. The van der Waals surface area contributed by atoms with Gasteiger partial charge in [-0.05, 0) is 17.7 Å². The number of nitro groups is 1. The number of halogens is 1. The van der Waals surface area contributed by atoms with Gasteiger partial charge in [-0.2, -0.15) is 0 Å². The van der Waals surface area contributed by atoms with E-state index in [1.165, 1.54) is 24.3 Å². The average molecular weight is 225 g/mol. The summed E-state index contributed by atoms with van der Waals surface area (Å²) in [7, 11) is 0. The van der Waals surface area contributed by atoms with Crippen molar-refractivity contribution in [2.45, 2.75) is 12.8 Å². The van der Waals surface area contributed by atoms with E-state index in [2.05, 4.69) is 0 Å². The van der Waals surface area contributed by atoms with Gasteiger partial charge >= 0.3 is 0 Å². The number of aldehydes is 1. The predicted molar refractivity (Wildman–Crippen MR) is 56.2 cm³/mol. The first-order valence-corrected chi connectivity index (χ1v) is 4.87. The highest BCUT2D eigenvalue weighted by atomic mass is 19.1. The molecule has 2 atom stereocenters. The monoisotopic (exact) mass is 225 g/mol. The molecular formula is C11H12FNO3. The van der Waals surface area contributed by atoms with E-state index in [1.807, 2.05) is 0 Å². The van der Waals surface area contributed by atoms with Crippen molar-refractivity contribution in [3.8, 4) is 0 Å². The van der Waals surface area contributed by atoms with Crippen molar-refractivity contribution < 1.29 is 14.1 Å². The second-order valence-corrected chi connectivity index (χ2v) is 3.67. The molecule has 0 aliphatic carbocycles. The zero-order valence-electron chi connectivity index (χ0n) is 8.80. The van der Waals surface area contributed by atoms with Gasteiger partial charge in [0.2, 0.25) is 6.54 Å². The Labute approximate surface area is 92.2 Å². The van der Waals surface area contributed by atoms with Crippen molar-refractivity contribution in [2.24, 2.45) is 5.92 Å². The number of nitrogens with zero attached hydrogens (tertiary/aromatic N) is 1. The molecule has 1 aromatic rings. The van der Waals surface area contributed by atoms with E-state index in [-0.39, 0.29) is 6.54 Å². The molecule has 86 valence electrons. The van der Waals surface area contributed by atoms with E-state index in [0.29, 0.717) is 11.8 Å². The normalized spacial score (nSPS) is 14.1. The topological polar surface area (TPSA) is 60.2 Å². The molecule has 0 unspecified atom stereocenters. The summed E-state index contributed by atoms with van der Waals surface area (Å²) in [5, 5.41) is 10.5. The zero-order valence-corrected chi connectivity index (χ0v) is 8.80. The van der Waals surface area contributed by atoms with Crippen LogP contribution in [0.25, 0.3) is 0 Å². The molecule has 0 bridgehead atoms. The van der Waals surface area contributed by atoms with Crippen molar-refractivity contribution in [3.63, 3.8) is 0 Å². The van der Waals surface area contributed by atoms with Gasteiger partial charge in [0.25, 0.3) is 0 Å². The molecule has 5 heteroatoms. The minimum Gasteiger partial charge on any atom is -0.303 e. The third-order valence-corrected chi connectivity index (χ3v) is 2.49. The van der Waals surface area contributed by atoms with Gasteiger partial charge in [0, 0.05) is 10.8 Å². The van der Waals surface area contributed by atoms with Crippen molar-refractivity contribution in [1.82, 2.24) is 0 Å². The Balaban J connectivity index is 2.95. The van der Waals surface area contributed by atoms with Crippen LogP contribution in [0.5, 0.6) is 0 Å². The summed E-state index contributed by atoms with van der Waals surface area (Å²) in [5.41, 5.74) is 0.609. The fourth-order valence-corrected chi connectivity index (χ4v) is 1.54. The summed E-state index contributed by atoms with van der Waals surface area (Å²) in [5.74, 6) is -1.37. The number of hydrogen-bond donors (Lipinski definition) is 0. The standard InChI is InChI=1S/C11H12FNO3/c1-8(7-14)11(6-13(15)16)9-2-4-10(12)5-3-9/h2-5,7-8,11H,6H2,1H3/t8-,11-/m0/s1. The summed E-state index contributed by atoms with van der Waals surface area (Å²) >= 11 is 0. The second-order valence-electron chi connectivity index (χ2n) is 3.67. The molecule has 0 aliphatic rings. The zero-order chi connectivity index (χ0) is 12.1. The van der Waals surface area contributed by atoms with Gasteiger partial charge in [0.05, 0.1) is 5.92 Å². The van der Waals surface area contributed by atoms with Crippen molar-refractivity contribution in [1.29, 1.82) is 0 Å². The van der Waals surface area contributed by atoms with Gasteiger partial charge in [0.15, 0.2) is 0 Å². The molecule has 4 nitrogen and oxygen atoms in total. The lowest BCUT2D eigenvalue weighted by Crippen LogP contribution is -2.20. The molecule has 0 saturated carbocycles. The maximum absolute atomic E-state index is 12.7. The Morgan fingerprint density at radius 3 is 2.44 bits per heavy atom. The third kappa shape index (κ3) is 3.12. The molecule has 0 aliphatic heterocycles. The highest BCUT2D eigenvalue weighted by Gasteiger charge is 2.24. The molecule has 0 N–H and O–H groups in total. The molecule has 0 heterocycles. The first-order chi connectivity index (χ1) is 7.54. The van der Waals surface area contributed by atoms with Crippen LogP contribution in [0.4, 0.5) is 4.39 Å². The minimum absolute atomic E-state index is 0.328. The summed E-state index contributed by atoms with van der Waals surface area (Å²) in [6, 6.07) is 5.42. The van der Waals surface area contributed by atoms with E-state index in [0.717, 1.165) is 0 Å². The van der Waals surface area contributed by atoms with E-state index >= 15 is 0 Å². The first kappa shape index (κ1) is 12.3. The molecule has 0 radical (unpaired) electrons. The number of carbonyl (C=O) groups excluding carboxylic acids is 1. The molecule has 0 spiro atoms. The lowest BCUT2D eigenvalue weighted by Gasteiger charge is -2.15. The third-order valence-electron chi connectivity index (χ3n) is 2.49. The quantitative estimate of drug-likeness (QED) is 0.437. The van der Waals surface area contributed by atoms with Crippen molar-refractivity contribution in [2.75, 3.05) is 6.54 Å². The minimum atomic E-state index is -0.506. The Kier molecular flexibility index (Phi) is 4.10. The van der Waals surface area contributed by atoms with Crippen LogP contribution in [-0.2, 0) is 4.79 Å². The molecule has 0 fully saturated rings. The lowest BCUT2D eigenvalue weighted by atomic mass is 9.88. The van der Waals surface area contributed by atoms with Gasteiger partial charge in [-0.25, -0.2) is 4.39 Å². The highest BCUT2D eigenvalue weighted by molar-refractivity contribution is 5.55. The second kappa shape index (κ2) is 5.34. The summed E-state index contributed by atoms with van der Waals surface area (Å²) < 4.78 is 12.7. The largest absolute Gasteiger partial charge is 0.303 e. The SMILES string of the molecule is C[C@@H](C=O)[C@H](C[N+](=O)[O-])c1ccc(F)cc1. The van der Waals surface area contributed by atoms with Crippen LogP contribution in [0.15, 0.2) is 24.3 Å². The van der Waals surface area contributed by atoms with Crippen LogP contribution in [-0.4, -0.2) is 17.8 Å². The van der Waals surface area contributed by atoms with Crippen molar-refractivity contribution in [3.05, 3.63) is 45.8 Å². The van der Waals surface area contributed by atoms with Crippen LogP contribution >= 0.6 is 0 Å². The van der Waals surface area contributed by atoms with Gasteiger partial charge < -0.3 is 4.79 Å².